The highest BCUT2D eigenvalue weighted by Crippen LogP contribution is 2.34. The molecule has 0 saturated carbocycles. The molecular formula is C29H47FO5. The van der Waals surface area contributed by atoms with Crippen molar-refractivity contribution in [2.45, 2.75) is 117 Å². The highest BCUT2D eigenvalue weighted by Gasteiger charge is 2.46. The molecule has 5 nitrogen and oxygen atoms in total. The Kier molecular flexibility index (Phi) is 16.1. The molecule has 0 heterocycles. The average molecular weight is 495 g/mol. The smallest absolute Gasteiger partial charge is 0.328 e. The van der Waals surface area contributed by atoms with Gasteiger partial charge in [-0.2, -0.15) is 0 Å². The summed E-state index contributed by atoms with van der Waals surface area (Å²) in [5.41, 5.74) is -1.39. The quantitative estimate of drug-likeness (QED) is 0.0791. The van der Waals surface area contributed by atoms with Crippen LogP contribution < -0.4 is 9.47 Å². The number of unbranched alkanes of at least 4 members (excludes halogenated alkanes) is 12. The second-order valence-electron chi connectivity index (χ2n) is 9.35. The number of esters is 2. The summed E-state index contributed by atoms with van der Waals surface area (Å²) in [7, 11) is 1.36. The third-order valence-electron chi connectivity index (χ3n) is 6.80. The van der Waals surface area contributed by atoms with Crippen molar-refractivity contribution in [1.82, 2.24) is 0 Å². The van der Waals surface area contributed by atoms with E-state index in [1.165, 1.54) is 83.5 Å². The summed E-state index contributed by atoms with van der Waals surface area (Å²) in [6, 6.07) is 3.63. The predicted octanol–water partition coefficient (Wildman–Crippen LogP) is 8.18. The standard InChI is InChI=1S/C29H47FO5/c1-5-8-9-10-11-12-13-14-15-16-17-18-19-22-34-27(31)29(6-2,7-3)28(32)35-25-21-20-24(30)23-26(25)33-4/h20-21,23H,5-19,22H2,1-4H3. The first kappa shape index (κ1) is 30.9. The van der Waals surface area contributed by atoms with E-state index in [1.54, 1.807) is 13.8 Å². The maximum absolute atomic E-state index is 13.4. The zero-order valence-electron chi connectivity index (χ0n) is 22.5. The van der Waals surface area contributed by atoms with Gasteiger partial charge in [0.05, 0.1) is 13.7 Å². The van der Waals surface area contributed by atoms with E-state index in [2.05, 4.69) is 6.92 Å². The zero-order valence-corrected chi connectivity index (χ0v) is 22.5. The maximum Gasteiger partial charge on any atom is 0.328 e. The van der Waals surface area contributed by atoms with Gasteiger partial charge in [-0.1, -0.05) is 97.8 Å². The Balaban J connectivity index is 2.32. The number of carbonyl (C=O) groups is 2. The Labute approximate surface area is 212 Å². The molecule has 0 bridgehead atoms. The molecule has 1 rings (SSSR count). The molecule has 0 amide bonds. The van der Waals surface area contributed by atoms with E-state index < -0.39 is 23.2 Å². The van der Waals surface area contributed by atoms with Crippen molar-refractivity contribution in [2.24, 2.45) is 5.41 Å². The van der Waals surface area contributed by atoms with Gasteiger partial charge in [-0.15, -0.1) is 0 Å². The monoisotopic (exact) mass is 494 g/mol. The lowest BCUT2D eigenvalue weighted by Crippen LogP contribution is -2.42. The molecule has 6 heteroatoms. The molecule has 0 unspecified atom stereocenters. The van der Waals surface area contributed by atoms with Gasteiger partial charge >= 0.3 is 11.9 Å². The van der Waals surface area contributed by atoms with Crippen LogP contribution in [0, 0.1) is 11.2 Å². The fourth-order valence-electron chi connectivity index (χ4n) is 4.26. The summed E-state index contributed by atoms with van der Waals surface area (Å²) in [6.45, 7) is 6.07. The number of methoxy groups -OCH3 is 1. The first-order valence-corrected chi connectivity index (χ1v) is 13.7. The van der Waals surface area contributed by atoms with E-state index in [0.717, 1.165) is 25.3 Å². The van der Waals surface area contributed by atoms with E-state index in [1.807, 2.05) is 0 Å². The molecule has 1 aromatic carbocycles. The number of hydrogen-bond donors (Lipinski definition) is 0. The first-order chi connectivity index (χ1) is 16.9. The van der Waals surface area contributed by atoms with Crippen LogP contribution in [0.1, 0.15) is 117 Å². The van der Waals surface area contributed by atoms with E-state index >= 15 is 0 Å². The molecule has 0 N–H and O–H groups in total. The number of ether oxygens (including phenoxy) is 3. The van der Waals surface area contributed by atoms with Crippen molar-refractivity contribution < 1.29 is 28.2 Å². The minimum absolute atomic E-state index is 0.0782. The second kappa shape index (κ2) is 18.2. The van der Waals surface area contributed by atoms with E-state index in [-0.39, 0.29) is 24.3 Å². The van der Waals surface area contributed by atoms with Gasteiger partial charge in [0.25, 0.3) is 0 Å². The lowest BCUT2D eigenvalue weighted by atomic mass is 9.82. The van der Waals surface area contributed by atoms with Gasteiger partial charge in [0, 0.05) is 6.07 Å². The molecule has 0 atom stereocenters. The molecule has 0 spiro atoms. The van der Waals surface area contributed by atoms with Crippen LogP contribution in [0.3, 0.4) is 0 Å². The summed E-state index contributed by atoms with van der Waals surface area (Å²) in [5.74, 6) is -1.60. The highest BCUT2D eigenvalue weighted by molar-refractivity contribution is 6.00. The summed E-state index contributed by atoms with van der Waals surface area (Å²) in [5, 5.41) is 0. The van der Waals surface area contributed by atoms with Gasteiger partial charge in [0.15, 0.2) is 16.9 Å². The minimum Gasteiger partial charge on any atom is -0.493 e. The molecule has 0 fully saturated rings. The van der Waals surface area contributed by atoms with Gasteiger partial charge in [0.1, 0.15) is 5.82 Å². The average Bonchev–Trinajstić information content (AvgIpc) is 2.86. The van der Waals surface area contributed by atoms with Gasteiger partial charge in [-0.05, 0) is 31.4 Å². The molecule has 0 aliphatic heterocycles. The Morgan fingerprint density at radius 2 is 1.26 bits per heavy atom. The maximum atomic E-state index is 13.4. The third kappa shape index (κ3) is 11.0. The van der Waals surface area contributed by atoms with Crippen molar-refractivity contribution in [1.29, 1.82) is 0 Å². The normalized spacial score (nSPS) is 11.3. The van der Waals surface area contributed by atoms with Crippen molar-refractivity contribution >= 4 is 11.9 Å². The third-order valence-corrected chi connectivity index (χ3v) is 6.80. The van der Waals surface area contributed by atoms with Crippen molar-refractivity contribution in [3.05, 3.63) is 24.0 Å². The molecule has 0 aliphatic carbocycles. The fourth-order valence-corrected chi connectivity index (χ4v) is 4.26. The number of rotatable bonds is 20. The van der Waals surface area contributed by atoms with Gasteiger partial charge in [-0.25, -0.2) is 4.39 Å². The predicted molar refractivity (Wildman–Crippen MR) is 138 cm³/mol. The number of benzene rings is 1. The Bertz CT molecular complexity index is 730. The number of hydrogen-bond acceptors (Lipinski definition) is 5. The van der Waals surface area contributed by atoms with Gasteiger partial charge in [-0.3, -0.25) is 9.59 Å². The number of carbonyl (C=O) groups excluding carboxylic acids is 2. The summed E-state index contributed by atoms with van der Waals surface area (Å²) in [6.07, 6.45) is 16.7. The largest absolute Gasteiger partial charge is 0.493 e. The summed E-state index contributed by atoms with van der Waals surface area (Å²) < 4.78 is 29.5. The zero-order chi connectivity index (χ0) is 25.9. The Morgan fingerprint density at radius 1 is 0.743 bits per heavy atom. The molecule has 1 aromatic rings. The summed E-state index contributed by atoms with van der Waals surface area (Å²) >= 11 is 0. The Hall–Kier alpha value is -2.11. The lowest BCUT2D eigenvalue weighted by molar-refractivity contribution is -0.168. The molecule has 0 saturated heterocycles. The van der Waals surface area contributed by atoms with E-state index in [0.29, 0.717) is 6.61 Å². The molecule has 35 heavy (non-hydrogen) atoms. The molecule has 200 valence electrons. The van der Waals surface area contributed by atoms with Crippen LogP contribution in [0.25, 0.3) is 0 Å². The van der Waals surface area contributed by atoms with Crippen LogP contribution in [0.15, 0.2) is 18.2 Å². The highest BCUT2D eigenvalue weighted by atomic mass is 19.1. The van der Waals surface area contributed by atoms with Crippen LogP contribution in [0.2, 0.25) is 0 Å². The minimum atomic E-state index is -1.39. The van der Waals surface area contributed by atoms with Crippen molar-refractivity contribution in [3.8, 4) is 11.5 Å². The van der Waals surface area contributed by atoms with Crippen LogP contribution in [-0.2, 0) is 14.3 Å². The van der Waals surface area contributed by atoms with Crippen LogP contribution in [-0.4, -0.2) is 25.7 Å². The fraction of sp³-hybridized carbons (Fsp3) is 0.724. The van der Waals surface area contributed by atoms with Crippen LogP contribution in [0.4, 0.5) is 4.39 Å². The van der Waals surface area contributed by atoms with Crippen molar-refractivity contribution in [2.75, 3.05) is 13.7 Å². The molecule has 0 aliphatic rings. The SMILES string of the molecule is CCCCCCCCCCCCCCCOC(=O)C(CC)(CC)C(=O)Oc1ccc(F)cc1OC. The summed E-state index contributed by atoms with van der Waals surface area (Å²) in [4.78, 5) is 25.8. The topological polar surface area (TPSA) is 61.8 Å². The second-order valence-corrected chi connectivity index (χ2v) is 9.35. The molecule has 0 aromatic heterocycles. The van der Waals surface area contributed by atoms with E-state index in [4.69, 9.17) is 14.2 Å². The van der Waals surface area contributed by atoms with Crippen LogP contribution >= 0.6 is 0 Å². The lowest BCUT2D eigenvalue weighted by Gasteiger charge is -2.27. The van der Waals surface area contributed by atoms with Gasteiger partial charge in [0.2, 0.25) is 0 Å². The van der Waals surface area contributed by atoms with Crippen molar-refractivity contribution in [3.63, 3.8) is 0 Å². The van der Waals surface area contributed by atoms with Crippen LogP contribution in [0.5, 0.6) is 11.5 Å². The van der Waals surface area contributed by atoms with Gasteiger partial charge < -0.3 is 14.2 Å². The number of halogens is 1. The molecular weight excluding hydrogens is 447 g/mol. The molecule has 0 radical (unpaired) electrons. The van der Waals surface area contributed by atoms with E-state index in [9.17, 15) is 14.0 Å². The Morgan fingerprint density at radius 3 is 1.74 bits per heavy atom. The first-order valence-electron chi connectivity index (χ1n) is 13.7.